The molecule has 0 fully saturated rings. The fraction of sp³-hybridized carbons (Fsp3) is 0.0909. The number of methoxy groups -OCH3 is 1. The predicted octanol–water partition coefficient (Wildman–Crippen LogP) is 1.31. The second-order valence-electron chi connectivity index (χ2n) is 3.26. The molecular weight excluding hydrogens is 208 g/mol. The van der Waals surface area contributed by atoms with Crippen molar-refractivity contribution in [3.8, 4) is 5.75 Å². The third kappa shape index (κ3) is 1.52. The number of hydrogen-bond acceptors (Lipinski definition) is 5. The van der Waals surface area contributed by atoms with Gasteiger partial charge in [-0.1, -0.05) is 6.07 Å². The molecule has 0 radical (unpaired) electrons. The average molecular weight is 218 g/mol. The number of anilines is 1. The highest BCUT2D eigenvalue weighted by molar-refractivity contribution is 5.99. The zero-order valence-corrected chi connectivity index (χ0v) is 8.60. The summed E-state index contributed by atoms with van der Waals surface area (Å²) in [6.07, 6.45) is 0. The molecule has 0 atom stereocenters. The summed E-state index contributed by atoms with van der Waals surface area (Å²) in [5.41, 5.74) is 6.63. The molecular formula is C11H10N2O3. The monoisotopic (exact) mass is 218 g/mol. The van der Waals surface area contributed by atoms with E-state index in [0.717, 1.165) is 0 Å². The molecule has 1 aromatic heterocycles. The lowest BCUT2D eigenvalue weighted by molar-refractivity contribution is 0.0594. The van der Waals surface area contributed by atoms with Gasteiger partial charge < -0.3 is 15.6 Å². The molecule has 0 bridgehead atoms. The number of nitrogen functional groups attached to an aromatic ring is 1. The number of rotatable bonds is 1. The molecule has 5 nitrogen and oxygen atoms in total. The number of hydrogen-bond donors (Lipinski definition) is 2. The Bertz CT molecular complexity index is 566. The zero-order chi connectivity index (χ0) is 11.7. The van der Waals surface area contributed by atoms with E-state index in [-0.39, 0.29) is 11.4 Å². The molecule has 0 amide bonds. The van der Waals surface area contributed by atoms with Crippen molar-refractivity contribution >= 4 is 22.6 Å². The minimum absolute atomic E-state index is 0.0538. The number of benzene rings is 1. The molecule has 0 saturated carbocycles. The van der Waals surface area contributed by atoms with E-state index in [1.807, 2.05) is 0 Å². The van der Waals surface area contributed by atoms with Gasteiger partial charge in [-0.25, -0.2) is 9.78 Å². The van der Waals surface area contributed by atoms with Gasteiger partial charge in [0.25, 0.3) is 0 Å². The lowest BCUT2D eigenvalue weighted by Gasteiger charge is -2.05. The van der Waals surface area contributed by atoms with Crippen LogP contribution in [0.5, 0.6) is 5.75 Å². The number of esters is 1. The van der Waals surface area contributed by atoms with Crippen molar-refractivity contribution in [2.45, 2.75) is 0 Å². The Balaban J connectivity index is 2.73. The molecule has 0 saturated heterocycles. The summed E-state index contributed by atoms with van der Waals surface area (Å²) in [5, 5.41) is 10.2. The van der Waals surface area contributed by atoms with Gasteiger partial charge in [0.15, 0.2) is 5.69 Å². The summed E-state index contributed by atoms with van der Waals surface area (Å²) in [6, 6.07) is 6.26. The van der Waals surface area contributed by atoms with Crippen molar-refractivity contribution < 1.29 is 14.6 Å². The Labute approximate surface area is 91.5 Å². The van der Waals surface area contributed by atoms with Gasteiger partial charge in [0, 0.05) is 11.8 Å². The topological polar surface area (TPSA) is 85.4 Å². The standard InChI is InChI=1S/C11H10N2O3/c1-16-11(15)8-5-9(14)10-6(12)3-2-4-7(10)13-8/h2-5H,12H2,1H3,(H,13,14). The molecule has 1 heterocycles. The maximum Gasteiger partial charge on any atom is 0.356 e. The van der Waals surface area contributed by atoms with Crippen molar-refractivity contribution in [1.29, 1.82) is 0 Å². The summed E-state index contributed by atoms with van der Waals surface area (Å²) < 4.78 is 4.53. The largest absolute Gasteiger partial charge is 0.507 e. The van der Waals surface area contributed by atoms with Crippen LogP contribution >= 0.6 is 0 Å². The fourth-order valence-corrected chi connectivity index (χ4v) is 1.50. The summed E-state index contributed by atoms with van der Waals surface area (Å²) in [4.78, 5) is 15.3. The second kappa shape index (κ2) is 3.69. The van der Waals surface area contributed by atoms with Crippen molar-refractivity contribution in [3.63, 3.8) is 0 Å². The SMILES string of the molecule is COC(=O)c1cc(O)c2c(N)cccc2n1. The Hall–Kier alpha value is -2.30. The Morgan fingerprint density at radius 2 is 2.25 bits per heavy atom. The van der Waals surface area contributed by atoms with Crippen molar-refractivity contribution in [2.75, 3.05) is 12.8 Å². The number of nitrogens with zero attached hydrogens (tertiary/aromatic N) is 1. The van der Waals surface area contributed by atoms with E-state index in [1.54, 1.807) is 18.2 Å². The smallest absolute Gasteiger partial charge is 0.356 e. The lowest BCUT2D eigenvalue weighted by atomic mass is 10.1. The van der Waals surface area contributed by atoms with E-state index in [4.69, 9.17) is 5.73 Å². The zero-order valence-electron chi connectivity index (χ0n) is 8.60. The first-order valence-corrected chi connectivity index (χ1v) is 4.60. The van der Waals surface area contributed by atoms with Gasteiger partial charge in [-0.15, -0.1) is 0 Å². The second-order valence-corrected chi connectivity index (χ2v) is 3.26. The number of ether oxygens (including phenoxy) is 1. The maximum atomic E-state index is 11.3. The van der Waals surface area contributed by atoms with E-state index in [1.165, 1.54) is 13.2 Å². The number of nitrogens with two attached hydrogens (primary N) is 1. The highest BCUT2D eigenvalue weighted by Gasteiger charge is 2.12. The van der Waals surface area contributed by atoms with E-state index >= 15 is 0 Å². The van der Waals surface area contributed by atoms with Gasteiger partial charge in [0.05, 0.1) is 18.0 Å². The lowest BCUT2D eigenvalue weighted by Crippen LogP contribution is -2.04. The van der Waals surface area contributed by atoms with Crippen LogP contribution in [0.15, 0.2) is 24.3 Å². The van der Waals surface area contributed by atoms with E-state index < -0.39 is 5.97 Å². The summed E-state index contributed by atoms with van der Waals surface area (Å²) >= 11 is 0. The molecule has 82 valence electrons. The minimum atomic E-state index is -0.598. The Morgan fingerprint density at radius 1 is 1.50 bits per heavy atom. The van der Waals surface area contributed by atoms with Gasteiger partial charge in [-0.2, -0.15) is 0 Å². The third-order valence-corrected chi connectivity index (χ3v) is 2.24. The van der Waals surface area contributed by atoms with Gasteiger partial charge >= 0.3 is 5.97 Å². The van der Waals surface area contributed by atoms with Crippen LogP contribution in [0.25, 0.3) is 10.9 Å². The molecule has 5 heteroatoms. The van der Waals surface area contributed by atoms with Crippen LogP contribution < -0.4 is 5.73 Å². The van der Waals surface area contributed by atoms with Crippen LogP contribution in [-0.2, 0) is 4.74 Å². The molecule has 0 unspecified atom stereocenters. The fourth-order valence-electron chi connectivity index (χ4n) is 1.50. The summed E-state index contributed by atoms with van der Waals surface area (Å²) in [6.45, 7) is 0. The highest BCUT2D eigenvalue weighted by Crippen LogP contribution is 2.29. The van der Waals surface area contributed by atoms with Crippen LogP contribution in [-0.4, -0.2) is 23.2 Å². The van der Waals surface area contributed by atoms with Gasteiger partial charge in [0.2, 0.25) is 0 Å². The van der Waals surface area contributed by atoms with Gasteiger partial charge in [-0.3, -0.25) is 0 Å². The van der Waals surface area contributed by atoms with Crippen LogP contribution in [0.2, 0.25) is 0 Å². The number of pyridine rings is 1. The van der Waals surface area contributed by atoms with Crippen molar-refractivity contribution in [2.24, 2.45) is 0 Å². The molecule has 1 aromatic carbocycles. The summed E-state index contributed by atoms with van der Waals surface area (Å²) in [7, 11) is 1.25. The predicted molar refractivity (Wildman–Crippen MR) is 59.2 cm³/mol. The highest BCUT2D eigenvalue weighted by atomic mass is 16.5. The van der Waals surface area contributed by atoms with E-state index in [0.29, 0.717) is 16.6 Å². The molecule has 3 N–H and O–H groups in total. The van der Waals surface area contributed by atoms with Crippen molar-refractivity contribution in [3.05, 3.63) is 30.0 Å². The molecule has 0 aliphatic rings. The Kier molecular flexibility index (Phi) is 2.36. The minimum Gasteiger partial charge on any atom is -0.507 e. The first-order chi connectivity index (χ1) is 7.63. The van der Waals surface area contributed by atoms with E-state index in [2.05, 4.69) is 9.72 Å². The Morgan fingerprint density at radius 3 is 2.94 bits per heavy atom. The number of carbonyl (C=O) groups excluding carboxylic acids is 1. The molecule has 0 aliphatic carbocycles. The third-order valence-electron chi connectivity index (χ3n) is 2.24. The van der Waals surface area contributed by atoms with E-state index in [9.17, 15) is 9.90 Å². The van der Waals surface area contributed by atoms with Crippen LogP contribution in [0, 0.1) is 0 Å². The van der Waals surface area contributed by atoms with Crippen LogP contribution in [0.4, 0.5) is 5.69 Å². The number of aromatic nitrogens is 1. The average Bonchev–Trinajstić information content (AvgIpc) is 2.27. The normalized spacial score (nSPS) is 10.3. The van der Waals surface area contributed by atoms with Gasteiger partial charge in [-0.05, 0) is 12.1 Å². The van der Waals surface area contributed by atoms with Crippen molar-refractivity contribution in [1.82, 2.24) is 4.98 Å². The maximum absolute atomic E-state index is 11.3. The number of fused-ring (bicyclic) bond motifs is 1. The quantitative estimate of drug-likeness (QED) is 0.556. The number of carbonyl (C=O) groups is 1. The molecule has 16 heavy (non-hydrogen) atoms. The molecule has 2 rings (SSSR count). The first-order valence-electron chi connectivity index (χ1n) is 4.60. The first kappa shape index (κ1) is 10.2. The molecule has 2 aromatic rings. The molecule has 0 spiro atoms. The van der Waals surface area contributed by atoms with Gasteiger partial charge in [0.1, 0.15) is 5.75 Å². The summed E-state index contributed by atoms with van der Waals surface area (Å²) in [5.74, 6) is -0.678. The molecule has 0 aliphatic heterocycles. The number of aromatic hydroxyl groups is 1. The van der Waals surface area contributed by atoms with Crippen LogP contribution in [0.3, 0.4) is 0 Å². The van der Waals surface area contributed by atoms with Crippen LogP contribution in [0.1, 0.15) is 10.5 Å².